The monoisotopic (exact) mass is 430 g/mol. The number of hydrogen-bond donors (Lipinski definition) is 0. The molecule has 9 heteroatoms. The van der Waals surface area contributed by atoms with E-state index in [1.165, 1.54) is 18.7 Å². The minimum absolute atomic E-state index is 0.116. The Morgan fingerprint density at radius 1 is 0.968 bits per heavy atom. The van der Waals surface area contributed by atoms with Gasteiger partial charge in [-0.1, -0.05) is 42.5 Å². The van der Waals surface area contributed by atoms with E-state index >= 15 is 0 Å². The fourth-order valence-electron chi connectivity index (χ4n) is 3.24. The second-order valence-electron chi connectivity index (χ2n) is 6.95. The van der Waals surface area contributed by atoms with Gasteiger partial charge in [-0.15, -0.1) is 10.2 Å². The second kappa shape index (κ2) is 8.08. The molecule has 0 fully saturated rings. The Morgan fingerprint density at radius 3 is 2.39 bits per heavy atom. The molecule has 0 N–H and O–H groups in total. The molecule has 0 spiro atoms. The Balaban J connectivity index is 1.96. The van der Waals surface area contributed by atoms with Crippen LogP contribution in [0.15, 0.2) is 74.4 Å². The summed E-state index contributed by atoms with van der Waals surface area (Å²) in [4.78, 5) is 24.9. The van der Waals surface area contributed by atoms with E-state index in [1.54, 1.807) is 0 Å². The quantitative estimate of drug-likeness (QED) is 0.462. The highest BCUT2D eigenvalue weighted by molar-refractivity contribution is 7.99. The molecular weight excluding hydrogens is 412 g/mol. The highest BCUT2D eigenvalue weighted by atomic mass is 32.2. The van der Waals surface area contributed by atoms with Crippen LogP contribution in [-0.2, 0) is 14.1 Å². The van der Waals surface area contributed by atoms with E-state index in [1.807, 2.05) is 72.2 Å². The molecule has 2 aromatic heterocycles. The lowest BCUT2D eigenvalue weighted by atomic mass is 10.2. The summed E-state index contributed by atoms with van der Waals surface area (Å²) in [5.41, 5.74) is 1.48. The minimum atomic E-state index is -0.641. The molecule has 31 heavy (non-hydrogen) atoms. The summed E-state index contributed by atoms with van der Waals surface area (Å²) in [5.74, 6) is 0.612. The Labute approximate surface area is 182 Å². The van der Waals surface area contributed by atoms with Gasteiger partial charge in [0.25, 0.3) is 5.56 Å². The Bertz CT molecular complexity index is 1440. The molecule has 0 saturated carbocycles. The van der Waals surface area contributed by atoms with Gasteiger partial charge in [0.15, 0.2) is 5.82 Å². The number of aryl methyl sites for hydroxylation is 1. The Hall–Kier alpha value is -3.90. The van der Waals surface area contributed by atoms with Gasteiger partial charge in [-0.3, -0.25) is 18.5 Å². The predicted octanol–water partition coefficient (Wildman–Crippen LogP) is 2.66. The number of hydrogen-bond acceptors (Lipinski definition) is 6. The van der Waals surface area contributed by atoms with E-state index in [2.05, 4.69) is 10.2 Å². The number of benzene rings is 2. The van der Waals surface area contributed by atoms with E-state index in [9.17, 15) is 14.9 Å². The minimum Gasteiger partial charge on any atom is -0.289 e. The fourth-order valence-corrected chi connectivity index (χ4v) is 4.23. The van der Waals surface area contributed by atoms with Crippen molar-refractivity contribution in [3.05, 3.63) is 86.6 Å². The number of nitrogens with zero attached hydrogens (tertiary/aromatic N) is 6. The average molecular weight is 430 g/mol. The first kappa shape index (κ1) is 20.4. The first-order valence-electron chi connectivity index (χ1n) is 9.38. The van der Waals surface area contributed by atoms with Crippen LogP contribution < -0.4 is 11.2 Å². The van der Waals surface area contributed by atoms with Gasteiger partial charge in [0.2, 0.25) is 5.16 Å². The lowest BCUT2D eigenvalue weighted by Gasteiger charge is -2.13. The van der Waals surface area contributed by atoms with Crippen LogP contribution in [0, 0.1) is 18.3 Å². The molecule has 4 aromatic rings. The first-order chi connectivity index (χ1) is 14.9. The SMILES string of the molecule is Cc1cccc(-n2c(Sc3c(C#N)c(=O)n(C)c(=O)n3C)nnc2-c2ccccc2)c1. The van der Waals surface area contributed by atoms with Gasteiger partial charge in [0, 0.05) is 19.7 Å². The van der Waals surface area contributed by atoms with E-state index in [4.69, 9.17) is 0 Å². The van der Waals surface area contributed by atoms with Crippen molar-refractivity contribution in [3.63, 3.8) is 0 Å². The van der Waals surface area contributed by atoms with E-state index < -0.39 is 11.2 Å². The molecule has 8 nitrogen and oxygen atoms in total. The van der Waals surface area contributed by atoms with Crippen molar-refractivity contribution in [2.75, 3.05) is 0 Å². The summed E-state index contributed by atoms with van der Waals surface area (Å²) in [6, 6.07) is 19.4. The highest BCUT2D eigenvalue weighted by Crippen LogP contribution is 2.32. The molecule has 0 aliphatic heterocycles. The number of aromatic nitrogens is 5. The van der Waals surface area contributed by atoms with Gasteiger partial charge in [-0.2, -0.15) is 5.26 Å². The molecule has 0 saturated heterocycles. The summed E-state index contributed by atoms with van der Waals surface area (Å²) in [6.07, 6.45) is 0. The van der Waals surface area contributed by atoms with Crippen LogP contribution in [0.25, 0.3) is 17.1 Å². The van der Waals surface area contributed by atoms with Crippen molar-refractivity contribution < 1.29 is 0 Å². The molecular formula is C22H18N6O2S. The number of rotatable bonds is 4. The fraction of sp³-hybridized carbons (Fsp3) is 0.136. The lowest BCUT2D eigenvalue weighted by molar-refractivity contribution is 0.630. The molecule has 2 aromatic carbocycles. The zero-order chi connectivity index (χ0) is 22.1. The maximum absolute atomic E-state index is 12.5. The summed E-state index contributed by atoms with van der Waals surface area (Å²) in [7, 11) is 2.87. The van der Waals surface area contributed by atoms with Crippen LogP contribution in [0.3, 0.4) is 0 Å². The maximum atomic E-state index is 12.5. The largest absolute Gasteiger partial charge is 0.331 e. The van der Waals surface area contributed by atoms with Crippen molar-refractivity contribution in [2.24, 2.45) is 14.1 Å². The summed E-state index contributed by atoms with van der Waals surface area (Å²) >= 11 is 1.06. The van der Waals surface area contributed by atoms with Gasteiger partial charge in [-0.25, -0.2) is 4.79 Å². The first-order valence-corrected chi connectivity index (χ1v) is 10.2. The summed E-state index contributed by atoms with van der Waals surface area (Å²) < 4.78 is 4.06. The zero-order valence-corrected chi connectivity index (χ0v) is 17.9. The average Bonchev–Trinajstić information content (AvgIpc) is 3.20. The Morgan fingerprint density at radius 2 is 1.71 bits per heavy atom. The standard InChI is InChI=1S/C22H18N6O2S/c1-14-8-7-11-16(12-14)28-18(15-9-5-4-6-10-15)24-25-21(28)31-20-17(13-23)19(29)26(2)22(30)27(20)3/h4-12H,1-3H3. The van der Waals surface area contributed by atoms with Crippen molar-refractivity contribution in [1.82, 2.24) is 23.9 Å². The van der Waals surface area contributed by atoms with Crippen molar-refractivity contribution in [3.8, 4) is 23.1 Å². The van der Waals surface area contributed by atoms with E-state index in [0.717, 1.165) is 33.1 Å². The predicted molar refractivity (Wildman–Crippen MR) is 117 cm³/mol. The molecule has 0 atom stereocenters. The van der Waals surface area contributed by atoms with E-state index in [0.29, 0.717) is 11.0 Å². The Kier molecular flexibility index (Phi) is 5.31. The van der Waals surface area contributed by atoms with Gasteiger partial charge >= 0.3 is 5.69 Å². The maximum Gasteiger partial charge on any atom is 0.331 e. The molecule has 0 radical (unpaired) electrons. The normalized spacial score (nSPS) is 10.8. The summed E-state index contributed by atoms with van der Waals surface area (Å²) in [6.45, 7) is 1.99. The van der Waals surface area contributed by atoms with Gasteiger partial charge in [-0.05, 0) is 36.4 Å². The van der Waals surface area contributed by atoms with E-state index in [-0.39, 0.29) is 10.6 Å². The van der Waals surface area contributed by atoms with Crippen molar-refractivity contribution in [1.29, 1.82) is 5.26 Å². The molecule has 4 rings (SSSR count). The van der Waals surface area contributed by atoms with Gasteiger partial charge in [0.05, 0.1) is 5.69 Å². The zero-order valence-electron chi connectivity index (χ0n) is 17.1. The van der Waals surface area contributed by atoms with Gasteiger partial charge in [0.1, 0.15) is 16.7 Å². The van der Waals surface area contributed by atoms with Crippen molar-refractivity contribution >= 4 is 11.8 Å². The molecule has 0 unspecified atom stereocenters. The van der Waals surface area contributed by atoms with Crippen LogP contribution in [0.4, 0.5) is 0 Å². The molecule has 0 aliphatic rings. The second-order valence-corrected chi connectivity index (χ2v) is 7.90. The highest BCUT2D eigenvalue weighted by Gasteiger charge is 2.22. The topological polar surface area (TPSA) is 98.5 Å². The molecule has 0 bridgehead atoms. The van der Waals surface area contributed by atoms with Crippen LogP contribution >= 0.6 is 11.8 Å². The third-order valence-corrected chi connectivity index (χ3v) is 5.95. The van der Waals surface area contributed by atoms with Gasteiger partial charge < -0.3 is 0 Å². The molecule has 2 heterocycles. The summed E-state index contributed by atoms with van der Waals surface area (Å²) in [5, 5.41) is 19.0. The molecule has 154 valence electrons. The van der Waals surface area contributed by atoms with Crippen LogP contribution in [0.5, 0.6) is 0 Å². The molecule has 0 aliphatic carbocycles. The lowest BCUT2D eigenvalue weighted by Crippen LogP contribution is -2.39. The number of nitriles is 1. The smallest absolute Gasteiger partial charge is 0.289 e. The van der Waals surface area contributed by atoms with Crippen molar-refractivity contribution in [2.45, 2.75) is 17.1 Å². The molecule has 0 amide bonds. The van der Waals surface area contributed by atoms with Crippen LogP contribution in [-0.4, -0.2) is 23.9 Å². The third-order valence-electron chi connectivity index (χ3n) is 4.84. The third kappa shape index (κ3) is 3.58. The van der Waals surface area contributed by atoms with Crippen LogP contribution in [0.1, 0.15) is 11.1 Å². The van der Waals surface area contributed by atoms with Crippen LogP contribution in [0.2, 0.25) is 0 Å².